The summed E-state index contributed by atoms with van der Waals surface area (Å²) in [4.78, 5) is 0. The molecule has 0 aliphatic rings. The summed E-state index contributed by atoms with van der Waals surface area (Å²) >= 11 is 2.11. The van der Waals surface area contributed by atoms with Crippen molar-refractivity contribution in [1.29, 1.82) is 0 Å². The molecular weight excluding hydrogens is 274 g/mol. The highest BCUT2D eigenvalue weighted by molar-refractivity contribution is 7.99. The molecule has 0 saturated heterocycles. The lowest BCUT2D eigenvalue weighted by atomic mass is 9.97. The Bertz CT molecular complexity index is 204. The van der Waals surface area contributed by atoms with Gasteiger partial charge in [-0.1, -0.05) is 65.0 Å². The van der Waals surface area contributed by atoms with Crippen LogP contribution in [0.3, 0.4) is 0 Å². The summed E-state index contributed by atoms with van der Waals surface area (Å²) in [6.07, 6.45) is 14.8. The lowest BCUT2D eigenvalue weighted by molar-refractivity contribution is 0.451. The smallest absolute Gasteiger partial charge is 0.0232 e. The van der Waals surface area contributed by atoms with Crippen molar-refractivity contribution in [1.82, 2.24) is 5.32 Å². The van der Waals surface area contributed by atoms with E-state index in [0.29, 0.717) is 0 Å². The molecule has 126 valence electrons. The largest absolute Gasteiger partial charge is 0.391 e. The van der Waals surface area contributed by atoms with E-state index in [1.807, 2.05) is 6.92 Å². The first-order valence-corrected chi connectivity index (χ1v) is 9.91. The summed E-state index contributed by atoms with van der Waals surface area (Å²) in [7, 11) is 0. The molecule has 0 amide bonds. The van der Waals surface area contributed by atoms with Gasteiger partial charge in [-0.15, -0.1) is 6.58 Å². The van der Waals surface area contributed by atoms with Gasteiger partial charge in [-0.25, -0.2) is 0 Å². The summed E-state index contributed by atoms with van der Waals surface area (Å²) in [5.74, 6) is 3.52. The highest BCUT2D eigenvalue weighted by atomic mass is 32.2. The molecule has 1 unspecified atom stereocenters. The van der Waals surface area contributed by atoms with Gasteiger partial charge in [0.25, 0.3) is 0 Å². The third-order valence-corrected chi connectivity index (χ3v) is 4.52. The zero-order chi connectivity index (χ0) is 16.2. The molecule has 0 rings (SSSR count). The average Bonchev–Trinajstić information content (AvgIpc) is 2.48. The van der Waals surface area contributed by atoms with Crippen molar-refractivity contribution < 1.29 is 0 Å². The maximum absolute atomic E-state index is 3.67. The Morgan fingerprint density at radius 1 is 1.00 bits per heavy atom. The molecule has 0 aliphatic carbocycles. The standard InChI is InChI=1S/C16H33NS.C3H6/c1-4-7-9-10-12-16(11-8-5-2)15-18-14-13-17-6-3;1-3-2/h6,16-17H,3-5,7-15H2,1-2H3;3H,1H2,2H3. The van der Waals surface area contributed by atoms with Crippen LogP contribution in [0.1, 0.15) is 72.1 Å². The lowest BCUT2D eigenvalue weighted by Crippen LogP contribution is -2.11. The van der Waals surface area contributed by atoms with E-state index in [2.05, 4.69) is 44.1 Å². The predicted octanol–water partition coefficient (Wildman–Crippen LogP) is 6.42. The van der Waals surface area contributed by atoms with Gasteiger partial charge < -0.3 is 5.32 Å². The minimum absolute atomic E-state index is 0.954. The zero-order valence-electron chi connectivity index (χ0n) is 14.8. The van der Waals surface area contributed by atoms with Crippen molar-refractivity contribution in [2.45, 2.75) is 72.1 Å². The van der Waals surface area contributed by atoms with Gasteiger partial charge in [0, 0.05) is 12.3 Å². The molecule has 0 heterocycles. The molecule has 0 radical (unpaired) electrons. The highest BCUT2D eigenvalue weighted by Crippen LogP contribution is 2.21. The SMILES string of the molecule is C=CC.C=CNCCSCC(CCCC)CCCCCC. The number of rotatable bonds is 14. The van der Waals surface area contributed by atoms with Crippen molar-refractivity contribution >= 4 is 11.8 Å². The Morgan fingerprint density at radius 3 is 2.19 bits per heavy atom. The monoisotopic (exact) mass is 313 g/mol. The van der Waals surface area contributed by atoms with Crippen molar-refractivity contribution in [3.63, 3.8) is 0 Å². The lowest BCUT2D eigenvalue weighted by Gasteiger charge is -2.16. The second-order valence-electron chi connectivity index (χ2n) is 5.50. The molecule has 21 heavy (non-hydrogen) atoms. The Balaban J connectivity index is 0. The Hall–Kier alpha value is -0.370. The van der Waals surface area contributed by atoms with E-state index in [4.69, 9.17) is 0 Å². The minimum atomic E-state index is 0.954. The molecule has 1 N–H and O–H groups in total. The first kappa shape index (κ1) is 22.9. The van der Waals surface area contributed by atoms with Gasteiger partial charge in [0.05, 0.1) is 0 Å². The summed E-state index contributed by atoms with van der Waals surface area (Å²) in [6, 6.07) is 0. The quantitative estimate of drug-likeness (QED) is 0.293. The molecule has 2 heteroatoms. The molecule has 0 aromatic carbocycles. The summed E-state index contributed by atoms with van der Waals surface area (Å²) < 4.78 is 0. The fourth-order valence-corrected chi connectivity index (χ4v) is 3.24. The first-order valence-electron chi connectivity index (χ1n) is 8.75. The number of allylic oxidation sites excluding steroid dienone is 1. The predicted molar refractivity (Wildman–Crippen MR) is 103 cm³/mol. The maximum Gasteiger partial charge on any atom is 0.0232 e. The van der Waals surface area contributed by atoms with Crippen LogP contribution in [0.15, 0.2) is 25.4 Å². The van der Waals surface area contributed by atoms with Crippen LogP contribution in [0.25, 0.3) is 0 Å². The molecule has 0 aromatic rings. The maximum atomic E-state index is 3.67. The molecule has 1 nitrogen and oxygen atoms in total. The third-order valence-electron chi connectivity index (χ3n) is 3.32. The zero-order valence-corrected chi connectivity index (χ0v) is 15.6. The molecule has 0 bridgehead atoms. The highest BCUT2D eigenvalue weighted by Gasteiger charge is 2.08. The molecule has 0 saturated carbocycles. The Morgan fingerprint density at radius 2 is 1.62 bits per heavy atom. The van der Waals surface area contributed by atoms with E-state index in [-0.39, 0.29) is 0 Å². The van der Waals surface area contributed by atoms with E-state index < -0.39 is 0 Å². The van der Waals surface area contributed by atoms with Gasteiger partial charge in [-0.05, 0) is 37.6 Å². The van der Waals surface area contributed by atoms with Crippen LogP contribution in [-0.4, -0.2) is 18.1 Å². The van der Waals surface area contributed by atoms with Gasteiger partial charge in [0.2, 0.25) is 0 Å². The van der Waals surface area contributed by atoms with E-state index in [1.54, 1.807) is 12.3 Å². The molecule has 1 atom stereocenters. The minimum Gasteiger partial charge on any atom is -0.391 e. The number of nitrogens with one attached hydrogen (secondary N) is 1. The van der Waals surface area contributed by atoms with E-state index >= 15 is 0 Å². The van der Waals surface area contributed by atoms with Crippen molar-refractivity contribution in [2.24, 2.45) is 5.92 Å². The van der Waals surface area contributed by atoms with Crippen LogP contribution in [0.2, 0.25) is 0 Å². The Labute approximate surface area is 139 Å². The Kier molecular flexibility index (Phi) is 23.9. The van der Waals surface area contributed by atoms with Crippen LogP contribution in [0.5, 0.6) is 0 Å². The van der Waals surface area contributed by atoms with Gasteiger partial charge in [-0.2, -0.15) is 11.8 Å². The van der Waals surface area contributed by atoms with Gasteiger partial charge >= 0.3 is 0 Å². The average molecular weight is 314 g/mol. The van der Waals surface area contributed by atoms with Crippen molar-refractivity contribution in [3.8, 4) is 0 Å². The van der Waals surface area contributed by atoms with E-state index in [1.165, 1.54) is 62.9 Å². The molecule has 0 spiro atoms. The van der Waals surface area contributed by atoms with Gasteiger partial charge in [0.1, 0.15) is 0 Å². The van der Waals surface area contributed by atoms with E-state index in [9.17, 15) is 0 Å². The van der Waals surface area contributed by atoms with Crippen molar-refractivity contribution in [3.05, 3.63) is 25.4 Å². The van der Waals surface area contributed by atoms with Gasteiger partial charge in [0.15, 0.2) is 0 Å². The fraction of sp³-hybridized carbons (Fsp3) is 0.789. The van der Waals surface area contributed by atoms with E-state index in [0.717, 1.165) is 12.5 Å². The topological polar surface area (TPSA) is 12.0 Å². The summed E-state index contributed by atoms with van der Waals surface area (Å²) in [5.41, 5.74) is 0. The van der Waals surface area contributed by atoms with Crippen molar-refractivity contribution in [2.75, 3.05) is 18.1 Å². The fourth-order valence-electron chi connectivity index (χ4n) is 2.15. The number of unbranched alkanes of at least 4 members (excludes halogenated alkanes) is 4. The first-order chi connectivity index (χ1) is 10.3. The molecular formula is C19H39NS. The second-order valence-corrected chi connectivity index (χ2v) is 6.65. The molecule has 0 fully saturated rings. The third kappa shape index (κ3) is 22.1. The van der Waals surface area contributed by atoms with Crippen LogP contribution < -0.4 is 5.32 Å². The molecule has 0 aliphatic heterocycles. The summed E-state index contributed by atoms with van der Waals surface area (Å²) in [5, 5.41) is 3.17. The number of hydrogen-bond acceptors (Lipinski definition) is 2. The second kappa shape index (κ2) is 21.9. The van der Waals surface area contributed by atoms with Crippen LogP contribution in [0.4, 0.5) is 0 Å². The normalized spacial score (nSPS) is 11.2. The van der Waals surface area contributed by atoms with Crippen LogP contribution in [-0.2, 0) is 0 Å². The van der Waals surface area contributed by atoms with Crippen LogP contribution in [0, 0.1) is 5.92 Å². The summed E-state index contributed by atoms with van der Waals surface area (Å²) in [6.45, 7) is 14.6. The number of hydrogen-bond donors (Lipinski definition) is 1. The number of thioether (sulfide) groups is 1. The van der Waals surface area contributed by atoms with Crippen LogP contribution >= 0.6 is 11.8 Å². The molecule has 0 aromatic heterocycles. The van der Waals surface area contributed by atoms with Gasteiger partial charge in [-0.3, -0.25) is 0 Å².